The first kappa shape index (κ1) is 18.6. The summed E-state index contributed by atoms with van der Waals surface area (Å²) in [5.74, 6) is 1.77. The molecule has 0 unspecified atom stereocenters. The van der Waals surface area contributed by atoms with Crippen molar-refractivity contribution >= 4 is 6.21 Å². The Kier molecular flexibility index (Phi) is 7.08. The summed E-state index contributed by atoms with van der Waals surface area (Å²) >= 11 is 0. The first-order chi connectivity index (χ1) is 12.1. The van der Waals surface area contributed by atoms with Crippen LogP contribution in [-0.2, 0) is 11.4 Å². The maximum Gasteiger partial charge on any atom is 0.125 e. The molecule has 0 aliphatic carbocycles. The lowest BCUT2D eigenvalue weighted by Gasteiger charge is -2.14. The van der Waals surface area contributed by atoms with Gasteiger partial charge in [-0.25, -0.2) is 0 Å². The van der Waals surface area contributed by atoms with E-state index in [2.05, 4.69) is 9.99 Å². The van der Waals surface area contributed by atoms with E-state index in [0.717, 1.165) is 33.8 Å². The predicted molar refractivity (Wildman–Crippen MR) is 102 cm³/mol. The fourth-order valence-corrected chi connectivity index (χ4v) is 2.43. The number of oxime groups is 1. The highest BCUT2D eigenvalue weighted by Gasteiger charge is 2.07. The lowest BCUT2D eigenvalue weighted by atomic mass is 10.1. The minimum absolute atomic E-state index is 0.516. The molecule has 0 heterocycles. The van der Waals surface area contributed by atoms with Crippen molar-refractivity contribution in [3.8, 4) is 11.5 Å². The van der Waals surface area contributed by atoms with Gasteiger partial charge in [0, 0.05) is 0 Å². The molecule has 2 aromatic carbocycles. The second-order valence-corrected chi connectivity index (χ2v) is 5.71. The smallest absolute Gasteiger partial charge is 0.125 e. The maximum absolute atomic E-state index is 6.03. The highest BCUT2D eigenvalue weighted by Crippen LogP contribution is 2.29. The molecule has 25 heavy (non-hydrogen) atoms. The fraction of sp³-hybridized carbons (Fsp3) is 0.286. The van der Waals surface area contributed by atoms with Crippen molar-refractivity contribution in [2.45, 2.75) is 27.4 Å². The van der Waals surface area contributed by atoms with Crippen LogP contribution in [-0.4, -0.2) is 19.9 Å². The molecule has 132 valence electrons. The molecular formula is C21H25NO3. The quantitative estimate of drug-likeness (QED) is 0.393. The average molecular weight is 339 g/mol. The molecule has 0 N–H and O–H groups in total. The van der Waals surface area contributed by atoms with E-state index < -0.39 is 0 Å². The Morgan fingerprint density at radius 3 is 2.28 bits per heavy atom. The summed E-state index contributed by atoms with van der Waals surface area (Å²) in [6.07, 6.45) is 5.63. The second-order valence-electron chi connectivity index (χ2n) is 5.71. The van der Waals surface area contributed by atoms with E-state index in [1.54, 1.807) is 6.21 Å². The summed E-state index contributed by atoms with van der Waals surface area (Å²) in [6.45, 7) is 7.15. The van der Waals surface area contributed by atoms with Gasteiger partial charge in [0.25, 0.3) is 0 Å². The normalized spacial score (nSPS) is 11.2. The number of aryl methyl sites for hydroxylation is 2. The Morgan fingerprint density at radius 1 is 1.00 bits per heavy atom. The van der Waals surface area contributed by atoms with Crippen molar-refractivity contribution in [1.29, 1.82) is 0 Å². The molecule has 0 amide bonds. The number of benzene rings is 2. The third-order valence-corrected chi connectivity index (χ3v) is 3.69. The van der Waals surface area contributed by atoms with Crippen LogP contribution in [0.4, 0.5) is 0 Å². The fourth-order valence-electron chi connectivity index (χ4n) is 2.43. The zero-order valence-electron chi connectivity index (χ0n) is 15.3. The molecule has 0 aliphatic heterocycles. The van der Waals surface area contributed by atoms with Gasteiger partial charge in [-0.15, -0.1) is 0 Å². The first-order valence-corrected chi connectivity index (χ1v) is 8.27. The van der Waals surface area contributed by atoms with Crippen molar-refractivity contribution in [3.05, 3.63) is 70.8 Å². The van der Waals surface area contributed by atoms with Gasteiger partial charge in [-0.1, -0.05) is 41.6 Å². The second kappa shape index (κ2) is 9.52. The highest BCUT2D eigenvalue weighted by atomic mass is 16.6. The van der Waals surface area contributed by atoms with Crippen LogP contribution in [0.25, 0.3) is 0 Å². The molecule has 0 saturated carbocycles. The van der Waals surface area contributed by atoms with Crippen LogP contribution in [0.5, 0.6) is 11.5 Å². The van der Waals surface area contributed by atoms with Crippen molar-refractivity contribution in [1.82, 2.24) is 0 Å². The highest BCUT2D eigenvalue weighted by molar-refractivity contribution is 5.79. The van der Waals surface area contributed by atoms with Gasteiger partial charge in [0.1, 0.15) is 31.8 Å². The summed E-state index contributed by atoms with van der Waals surface area (Å²) in [7, 11) is 1.53. The molecular weight excluding hydrogens is 314 g/mol. The van der Waals surface area contributed by atoms with E-state index in [9.17, 15) is 0 Å². The molecule has 0 spiro atoms. The minimum Gasteiger partial charge on any atom is -0.490 e. The molecule has 4 heteroatoms. The van der Waals surface area contributed by atoms with Crippen LogP contribution in [0.3, 0.4) is 0 Å². The van der Waals surface area contributed by atoms with E-state index in [-0.39, 0.29) is 0 Å². The summed E-state index contributed by atoms with van der Waals surface area (Å²) in [5, 5.41) is 3.75. The van der Waals surface area contributed by atoms with E-state index in [1.807, 2.05) is 69.3 Å². The van der Waals surface area contributed by atoms with Gasteiger partial charge in [-0.2, -0.15) is 0 Å². The zero-order valence-corrected chi connectivity index (χ0v) is 15.3. The minimum atomic E-state index is 0.516. The predicted octanol–water partition coefficient (Wildman–Crippen LogP) is 4.82. The summed E-state index contributed by atoms with van der Waals surface area (Å²) < 4.78 is 11.7. The van der Waals surface area contributed by atoms with Gasteiger partial charge < -0.3 is 14.3 Å². The van der Waals surface area contributed by atoms with Crippen molar-refractivity contribution < 1.29 is 14.3 Å². The summed E-state index contributed by atoms with van der Waals surface area (Å²) in [4.78, 5) is 4.68. The molecule has 0 fully saturated rings. The van der Waals surface area contributed by atoms with Crippen molar-refractivity contribution in [2.24, 2.45) is 5.16 Å². The van der Waals surface area contributed by atoms with Crippen LogP contribution in [0.2, 0.25) is 0 Å². The summed E-state index contributed by atoms with van der Waals surface area (Å²) in [6, 6.07) is 12.0. The van der Waals surface area contributed by atoms with Crippen LogP contribution in [0.1, 0.15) is 29.2 Å². The van der Waals surface area contributed by atoms with E-state index in [0.29, 0.717) is 13.2 Å². The lowest BCUT2D eigenvalue weighted by molar-refractivity contribution is 0.215. The largest absolute Gasteiger partial charge is 0.490 e. The standard InChI is InChI=1S/C21H25NO3/c1-5-6-11-24-20-12-16(2)21(17(3)13-20)25-15-19-9-7-18(8-10-19)14-22-23-4/h5-10,12-14H,11,15H2,1-4H3/b6-5+,22-14-. The maximum atomic E-state index is 6.03. The van der Waals surface area contributed by atoms with Gasteiger partial charge in [0.2, 0.25) is 0 Å². The molecule has 0 radical (unpaired) electrons. The number of allylic oxidation sites excluding steroid dienone is 1. The first-order valence-electron chi connectivity index (χ1n) is 8.27. The Bertz CT molecular complexity index is 710. The van der Waals surface area contributed by atoms with Gasteiger partial charge in [-0.05, 0) is 55.2 Å². The van der Waals surface area contributed by atoms with Crippen molar-refractivity contribution in [3.63, 3.8) is 0 Å². The van der Waals surface area contributed by atoms with Crippen LogP contribution in [0.15, 0.2) is 53.7 Å². The third-order valence-electron chi connectivity index (χ3n) is 3.69. The van der Waals surface area contributed by atoms with Gasteiger partial charge in [0.15, 0.2) is 0 Å². The van der Waals surface area contributed by atoms with Crippen LogP contribution < -0.4 is 9.47 Å². The molecule has 2 aromatic rings. The Hall–Kier alpha value is -2.75. The number of ether oxygens (including phenoxy) is 2. The number of hydrogen-bond acceptors (Lipinski definition) is 4. The van der Waals surface area contributed by atoms with Crippen LogP contribution >= 0.6 is 0 Å². The molecule has 0 aromatic heterocycles. The Balaban J connectivity index is 2.01. The van der Waals surface area contributed by atoms with Gasteiger partial charge in [0.05, 0.1) is 6.21 Å². The average Bonchev–Trinajstić information content (AvgIpc) is 2.60. The monoisotopic (exact) mass is 339 g/mol. The summed E-state index contributed by atoms with van der Waals surface area (Å²) in [5.41, 5.74) is 4.22. The molecule has 0 bridgehead atoms. The topological polar surface area (TPSA) is 40.0 Å². The third kappa shape index (κ3) is 5.68. The van der Waals surface area contributed by atoms with E-state index in [4.69, 9.17) is 9.47 Å². The lowest BCUT2D eigenvalue weighted by Crippen LogP contribution is -2.01. The number of rotatable bonds is 8. The van der Waals surface area contributed by atoms with Gasteiger partial charge in [-0.3, -0.25) is 0 Å². The van der Waals surface area contributed by atoms with E-state index in [1.165, 1.54) is 7.11 Å². The number of hydrogen-bond donors (Lipinski definition) is 0. The van der Waals surface area contributed by atoms with Crippen LogP contribution in [0, 0.1) is 13.8 Å². The number of nitrogens with zero attached hydrogens (tertiary/aromatic N) is 1. The molecule has 2 rings (SSSR count). The Labute approximate surface area is 149 Å². The van der Waals surface area contributed by atoms with Crippen molar-refractivity contribution in [2.75, 3.05) is 13.7 Å². The van der Waals surface area contributed by atoms with Gasteiger partial charge >= 0.3 is 0 Å². The SMILES string of the molecule is C/C=C/COc1cc(C)c(OCc2ccc(/C=N\OC)cc2)c(C)c1. The molecule has 0 atom stereocenters. The molecule has 0 aliphatic rings. The molecule has 4 nitrogen and oxygen atoms in total. The Morgan fingerprint density at radius 2 is 1.68 bits per heavy atom. The van der Waals surface area contributed by atoms with E-state index >= 15 is 0 Å². The molecule has 0 saturated heterocycles. The zero-order chi connectivity index (χ0) is 18.1.